The van der Waals surface area contributed by atoms with E-state index >= 15 is 0 Å². The second-order valence-electron chi connectivity index (χ2n) is 5.80. The molecule has 0 heterocycles. The number of ether oxygens (including phenoxy) is 1. The molecule has 0 spiro atoms. The highest BCUT2D eigenvalue weighted by Crippen LogP contribution is 2.36. The molecule has 2 nitrogen and oxygen atoms in total. The Hall–Kier alpha value is -1.80. The molecule has 1 aliphatic rings. The third-order valence-electron chi connectivity index (χ3n) is 4.53. The third kappa shape index (κ3) is 3.11. The number of aliphatic hydroxyl groups is 1. The standard InChI is InChI=1S/C19H22O2/c1-21-16-10-6-14(7-11-16)8-13-19(20)18-12-9-15-4-2-3-5-17(15)18/h2-7,10-11,18-20H,8-9,12-13H2,1H3. The van der Waals surface area contributed by atoms with Crippen molar-refractivity contribution in [1.82, 2.24) is 0 Å². The van der Waals surface area contributed by atoms with Gasteiger partial charge in [-0.05, 0) is 54.5 Å². The first-order valence-corrected chi connectivity index (χ1v) is 7.66. The maximum Gasteiger partial charge on any atom is 0.118 e. The summed E-state index contributed by atoms with van der Waals surface area (Å²) in [4.78, 5) is 0. The number of fused-ring (bicyclic) bond motifs is 1. The minimum absolute atomic E-state index is 0.254. The normalized spacial score (nSPS) is 18.3. The summed E-state index contributed by atoms with van der Waals surface area (Å²) in [6.07, 6.45) is 3.63. The van der Waals surface area contributed by atoms with Gasteiger partial charge in [0.1, 0.15) is 5.75 Å². The summed E-state index contributed by atoms with van der Waals surface area (Å²) in [6.45, 7) is 0. The highest BCUT2D eigenvalue weighted by molar-refractivity contribution is 5.35. The fraction of sp³-hybridized carbons (Fsp3) is 0.368. The van der Waals surface area contributed by atoms with Crippen LogP contribution in [0.3, 0.4) is 0 Å². The largest absolute Gasteiger partial charge is 0.497 e. The highest BCUT2D eigenvalue weighted by atomic mass is 16.5. The molecule has 3 rings (SSSR count). The van der Waals surface area contributed by atoms with Gasteiger partial charge >= 0.3 is 0 Å². The summed E-state index contributed by atoms with van der Waals surface area (Å²) in [5, 5.41) is 10.5. The van der Waals surface area contributed by atoms with Gasteiger partial charge in [0.25, 0.3) is 0 Å². The van der Waals surface area contributed by atoms with Crippen molar-refractivity contribution >= 4 is 0 Å². The Labute approximate surface area is 126 Å². The van der Waals surface area contributed by atoms with E-state index in [0.717, 1.165) is 31.4 Å². The van der Waals surface area contributed by atoms with Gasteiger partial charge < -0.3 is 9.84 Å². The smallest absolute Gasteiger partial charge is 0.118 e. The van der Waals surface area contributed by atoms with Gasteiger partial charge in [0.2, 0.25) is 0 Å². The molecule has 1 N–H and O–H groups in total. The summed E-state index contributed by atoms with van der Waals surface area (Å²) >= 11 is 0. The summed E-state index contributed by atoms with van der Waals surface area (Å²) in [6, 6.07) is 16.6. The molecule has 1 aliphatic carbocycles. The van der Waals surface area contributed by atoms with E-state index in [1.165, 1.54) is 16.7 Å². The topological polar surface area (TPSA) is 29.5 Å². The van der Waals surface area contributed by atoms with Crippen molar-refractivity contribution < 1.29 is 9.84 Å². The molecule has 0 saturated carbocycles. The molecule has 2 heteroatoms. The lowest BCUT2D eigenvalue weighted by atomic mass is 9.91. The minimum atomic E-state index is -0.254. The number of rotatable bonds is 5. The van der Waals surface area contributed by atoms with E-state index in [4.69, 9.17) is 4.74 Å². The zero-order chi connectivity index (χ0) is 14.7. The molecule has 0 saturated heterocycles. The monoisotopic (exact) mass is 282 g/mol. The van der Waals surface area contributed by atoms with Crippen LogP contribution in [0, 0.1) is 0 Å². The van der Waals surface area contributed by atoms with Gasteiger partial charge in [-0.3, -0.25) is 0 Å². The molecule has 2 unspecified atom stereocenters. The summed E-state index contributed by atoms with van der Waals surface area (Å²) < 4.78 is 5.17. The Bertz CT molecular complexity index is 589. The predicted molar refractivity (Wildman–Crippen MR) is 84.8 cm³/mol. The second kappa shape index (κ2) is 6.31. The average Bonchev–Trinajstić information content (AvgIpc) is 2.97. The molecule has 110 valence electrons. The molecule has 2 atom stereocenters. The van der Waals surface area contributed by atoms with Gasteiger partial charge in [0.15, 0.2) is 0 Å². The van der Waals surface area contributed by atoms with Crippen molar-refractivity contribution in [3.05, 3.63) is 65.2 Å². The molecule has 2 aromatic rings. The van der Waals surface area contributed by atoms with Crippen LogP contribution in [0.25, 0.3) is 0 Å². The van der Waals surface area contributed by atoms with E-state index in [1.54, 1.807) is 7.11 Å². The molecule has 0 amide bonds. The van der Waals surface area contributed by atoms with Crippen LogP contribution in [0.1, 0.15) is 35.4 Å². The van der Waals surface area contributed by atoms with Crippen molar-refractivity contribution in [3.63, 3.8) is 0 Å². The number of aliphatic hydroxyl groups excluding tert-OH is 1. The molecule has 0 fully saturated rings. The highest BCUT2D eigenvalue weighted by Gasteiger charge is 2.27. The molecular formula is C19H22O2. The maximum absolute atomic E-state index is 10.5. The number of aryl methyl sites for hydroxylation is 2. The minimum Gasteiger partial charge on any atom is -0.497 e. The van der Waals surface area contributed by atoms with Crippen LogP contribution >= 0.6 is 0 Å². The van der Waals surface area contributed by atoms with Crippen LogP contribution in [-0.2, 0) is 12.8 Å². The number of methoxy groups -OCH3 is 1. The fourth-order valence-electron chi connectivity index (χ4n) is 3.30. The van der Waals surface area contributed by atoms with Gasteiger partial charge in [-0.2, -0.15) is 0 Å². The Morgan fingerprint density at radius 3 is 2.67 bits per heavy atom. The third-order valence-corrected chi connectivity index (χ3v) is 4.53. The van der Waals surface area contributed by atoms with Crippen LogP contribution in [0.5, 0.6) is 5.75 Å². The summed E-state index contributed by atoms with van der Waals surface area (Å²) in [7, 11) is 1.68. The van der Waals surface area contributed by atoms with Gasteiger partial charge in [-0.25, -0.2) is 0 Å². The fourth-order valence-corrected chi connectivity index (χ4v) is 3.30. The predicted octanol–water partition coefficient (Wildman–Crippen LogP) is 3.72. The van der Waals surface area contributed by atoms with Crippen LogP contribution in [-0.4, -0.2) is 18.3 Å². The van der Waals surface area contributed by atoms with Gasteiger partial charge in [0, 0.05) is 5.92 Å². The van der Waals surface area contributed by atoms with Crippen molar-refractivity contribution in [2.45, 2.75) is 37.7 Å². The molecule has 0 radical (unpaired) electrons. The molecule has 0 aromatic heterocycles. The van der Waals surface area contributed by atoms with Crippen LogP contribution < -0.4 is 4.74 Å². The number of benzene rings is 2. The summed E-state index contributed by atoms with van der Waals surface area (Å²) in [5.41, 5.74) is 4.01. The van der Waals surface area contributed by atoms with Crippen molar-refractivity contribution in [2.75, 3.05) is 7.11 Å². The molecule has 21 heavy (non-hydrogen) atoms. The zero-order valence-electron chi connectivity index (χ0n) is 12.5. The van der Waals surface area contributed by atoms with E-state index in [-0.39, 0.29) is 6.10 Å². The van der Waals surface area contributed by atoms with Gasteiger partial charge in [-0.1, -0.05) is 36.4 Å². The van der Waals surface area contributed by atoms with Crippen molar-refractivity contribution in [2.24, 2.45) is 0 Å². The number of hydrogen-bond donors (Lipinski definition) is 1. The van der Waals surface area contributed by atoms with Crippen LogP contribution in [0.2, 0.25) is 0 Å². The Balaban J connectivity index is 1.60. The quantitative estimate of drug-likeness (QED) is 0.905. The molecule has 2 aromatic carbocycles. The molecule has 0 bridgehead atoms. The first kappa shape index (κ1) is 14.2. The Kier molecular flexibility index (Phi) is 4.26. The maximum atomic E-state index is 10.5. The van der Waals surface area contributed by atoms with Crippen molar-refractivity contribution in [1.29, 1.82) is 0 Å². The lowest BCUT2D eigenvalue weighted by molar-refractivity contribution is 0.133. The second-order valence-corrected chi connectivity index (χ2v) is 5.80. The Morgan fingerprint density at radius 1 is 1.14 bits per heavy atom. The lowest BCUT2D eigenvalue weighted by Crippen LogP contribution is -2.17. The first-order chi connectivity index (χ1) is 10.3. The van der Waals surface area contributed by atoms with E-state index in [1.807, 2.05) is 12.1 Å². The van der Waals surface area contributed by atoms with Crippen LogP contribution in [0.15, 0.2) is 48.5 Å². The van der Waals surface area contributed by atoms with E-state index in [2.05, 4.69) is 36.4 Å². The first-order valence-electron chi connectivity index (χ1n) is 7.66. The molecule has 0 aliphatic heterocycles. The zero-order valence-corrected chi connectivity index (χ0v) is 12.5. The van der Waals surface area contributed by atoms with Crippen molar-refractivity contribution in [3.8, 4) is 5.75 Å². The SMILES string of the molecule is COc1ccc(CCC(O)C2CCc3ccccc32)cc1. The van der Waals surface area contributed by atoms with E-state index < -0.39 is 0 Å². The van der Waals surface area contributed by atoms with Gasteiger partial charge in [0.05, 0.1) is 13.2 Å². The summed E-state index contributed by atoms with van der Waals surface area (Å²) in [5.74, 6) is 1.18. The van der Waals surface area contributed by atoms with Crippen LogP contribution in [0.4, 0.5) is 0 Å². The number of hydrogen-bond acceptors (Lipinski definition) is 2. The Morgan fingerprint density at radius 2 is 1.90 bits per heavy atom. The molecular weight excluding hydrogens is 260 g/mol. The lowest BCUT2D eigenvalue weighted by Gasteiger charge is -2.19. The average molecular weight is 282 g/mol. The van der Waals surface area contributed by atoms with Gasteiger partial charge in [-0.15, -0.1) is 0 Å². The van der Waals surface area contributed by atoms with E-state index in [9.17, 15) is 5.11 Å². The van der Waals surface area contributed by atoms with E-state index in [0.29, 0.717) is 5.92 Å².